The minimum absolute atomic E-state index is 0.149. The van der Waals surface area contributed by atoms with Gasteiger partial charge in [0.25, 0.3) is 0 Å². The average molecular weight is 135 g/mol. The van der Waals surface area contributed by atoms with Gasteiger partial charge in [-0.3, -0.25) is 4.99 Å². The zero-order valence-corrected chi connectivity index (χ0v) is 6.05. The Morgan fingerprint density at radius 3 is 3.00 bits per heavy atom. The fourth-order valence-corrected chi connectivity index (χ4v) is 0.697. The number of hydrogen-bond acceptors (Lipinski definition) is 3. The molecule has 1 N–H and O–H groups in total. The third-order valence-corrected chi connectivity index (χ3v) is 1.52. The molecule has 3 heteroatoms. The minimum atomic E-state index is 0.149. The van der Waals surface area contributed by atoms with E-state index in [4.69, 9.17) is 5.26 Å². The van der Waals surface area contributed by atoms with Crippen LogP contribution in [0.15, 0.2) is 16.8 Å². The van der Waals surface area contributed by atoms with Gasteiger partial charge in [0.1, 0.15) is 6.07 Å². The van der Waals surface area contributed by atoms with Crippen molar-refractivity contribution < 1.29 is 0 Å². The summed E-state index contributed by atoms with van der Waals surface area (Å²) in [5.74, 6) is 0.401. The van der Waals surface area contributed by atoms with Crippen LogP contribution in [0.25, 0.3) is 0 Å². The van der Waals surface area contributed by atoms with Gasteiger partial charge in [-0.05, 0) is 19.4 Å². The van der Waals surface area contributed by atoms with Crippen LogP contribution >= 0.6 is 0 Å². The summed E-state index contributed by atoms with van der Waals surface area (Å²) in [6, 6.07) is 2.10. The Bertz CT molecular complexity index is 232. The maximum atomic E-state index is 8.42. The van der Waals surface area contributed by atoms with Crippen LogP contribution in [0.2, 0.25) is 0 Å². The third kappa shape index (κ3) is 1.16. The van der Waals surface area contributed by atoms with E-state index in [0.29, 0.717) is 5.84 Å². The predicted octanol–water partition coefficient (Wildman–Crippen LogP) is 0.804. The number of aliphatic imine (C=N–C) groups is 1. The summed E-state index contributed by atoms with van der Waals surface area (Å²) < 4.78 is 0. The number of nitrogens with one attached hydrogen (secondary N) is 1. The third-order valence-electron chi connectivity index (χ3n) is 1.52. The topological polar surface area (TPSA) is 48.2 Å². The van der Waals surface area contributed by atoms with E-state index in [1.807, 2.05) is 26.1 Å². The maximum Gasteiger partial charge on any atom is 0.205 e. The quantitative estimate of drug-likeness (QED) is 0.534. The summed E-state index contributed by atoms with van der Waals surface area (Å²) >= 11 is 0. The first kappa shape index (κ1) is 6.81. The Morgan fingerprint density at radius 1 is 1.80 bits per heavy atom. The van der Waals surface area contributed by atoms with E-state index in [-0.39, 0.29) is 6.04 Å². The number of nitriles is 1. The van der Waals surface area contributed by atoms with Crippen molar-refractivity contribution in [2.45, 2.75) is 19.9 Å². The molecule has 0 aliphatic carbocycles. The molecule has 0 aromatic carbocycles. The van der Waals surface area contributed by atoms with E-state index in [1.54, 1.807) is 0 Å². The first-order valence-electron chi connectivity index (χ1n) is 3.15. The standard InChI is InChI=1S/C7H9N3/c1-5-4-9-7(3-8)10-6(5)2/h4,6H,1-2H3,(H,9,10). The Hall–Kier alpha value is -1.30. The second kappa shape index (κ2) is 2.53. The van der Waals surface area contributed by atoms with E-state index in [2.05, 4.69) is 10.3 Å². The largest absolute Gasteiger partial charge is 0.338 e. The molecule has 1 heterocycles. The van der Waals surface area contributed by atoms with Crippen LogP contribution in [-0.4, -0.2) is 11.9 Å². The van der Waals surface area contributed by atoms with E-state index in [0.717, 1.165) is 5.57 Å². The molecule has 0 bridgehead atoms. The summed E-state index contributed by atoms with van der Waals surface area (Å²) in [7, 11) is 0. The van der Waals surface area contributed by atoms with Gasteiger partial charge in [-0.1, -0.05) is 0 Å². The van der Waals surface area contributed by atoms with Gasteiger partial charge in [0, 0.05) is 6.20 Å². The van der Waals surface area contributed by atoms with Crippen LogP contribution in [0.1, 0.15) is 13.8 Å². The van der Waals surface area contributed by atoms with Crippen molar-refractivity contribution in [1.29, 1.82) is 5.26 Å². The van der Waals surface area contributed by atoms with Crippen LogP contribution in [0.3, 0.4) is 0 Å². The highest BCUT2D eigenvalue weighted by Gasteiger charge is 2.08. The molecule has 0 fully saturated rings. The van der Waals surface area contributed by atoms with Gasteiger partial charge >= 0.3 is 0 Å². The molecular formula is C7H9N3. The summed E-state index contributed by atoms with van der Waals surface area (Å²) in [5.41, 5.74) is 1.15. The molecule has 1 aliphatic rings. The normalized spacial score (nSPS) is 23.9. The molecule has 0 aromatic rings. The summed E-state index contributed by atoms with van der Waals surface area (Å²) in [5, 5.41) is 11.2. The molecule has 0 amide bonds. The summed E-state index contributed by atoms with van der Waals surface area (Å²) in [6.45, 7) is 3.94. The van der Waals surface area contributed by atoms with Crippen molar-refractivity contribution in [3.05, 3.63) is 11.8 Å². The zero-order chi connectivity index (χ0) is 7.56. The molecule has 1 atom stereocenters. The smallest absolute Gasteiger partial charge is 0.205 e. The summed E-state index contributed by atoms with van der Waals surface area (Å²) in [6.07, 6.45) is 1.82. The molecule has 0 radical (unpaired) electrons. The van der Waals surface area contributed by atoms with Gasteiger partial charge in [0.2, 0.25) is 5.84 Å². The average Bonchev–Trinajstić information content (AvgIpc) is 1.95. The lowest BCUT2D eigenvalue weighted by molar-refractivity contribution is 0.826. The lowest BCUT2D eigenvalue weighted by Gasteiger charge is -2.13. The molecular weight excluding hydrogens is 126 g/mol. The highest BCUT2D eigenvalue weighted by molar-refractivity contribution is 5.97. The monoisotopic (exact) mass is 135 g/mol. The van der Waals surface area contributed by atoms with Crippen molar-refractivity contribution >= 4 is 5.84 Å². The number of nitrogens with zero attached hydrogens (tertiary/aromatic N) is 2. The molecule has 0 saturated heterocycles. The van der Waals surface area contributed by atoms with E-state index in [9.17, 15) is 0 Å². The van der Waals surface area contributed by atoms with Gasteiger partial charge in [0.05, 0.1) is 6.04 Å². The van der Waals surface area contributed by atoms with Crippen LogP contribution < -0.4 is 5.32 Å². The van der Waals surface area contributed by atoms with E-state index < -0.39 is 0 Å². The van der Waals surface area contributed by atoms with Gasteiger partial charge in [0.15, 0.2) is 0 Å². The Labute approximate surface area is 60.1 Å². The highest BCUT2D eigenvalue weighted by atomic mass is 15.0. The van der Waals surface area contributed by atoms with Crippen LogP contribution in [0.5, 0.6) is 0 Å². The Morgan fingerprint density at radius 2 is 2.50 bits per heavy atom. The van der Waals surface area contributed by atoms with Gasteiger partial charge in [-0.15, -0.1) is 0 Å². The molecule has 1 aliphatic heterocycles. The van der Waals surface area contributed by atoms with E-state index in [1.165, 1.54) is 0 Å². The summed E-state index contributed by atoms with van der Waals surface area (Å²) in [4.78, 5) is 4.06. The molecule has 52 valence electrons. The lowest BCUT2D eigenvalue weighted by atomic mass is 10.1. The molecule has 0 aromatic heterocycles. The fourth-order valence-electron chi connectivity index (χ4n) is 0.697. The SMILES string of the molecule is CC1=CNC(C#N)=NC1C. The van der Waals surface area contributed by atoms with Crippen molar-refractivity contribution in [2.24, 2.45) is 4.99 Å². The first-order chi connectivity index (χ1) is 4.74. The van der Waals surface area contributed by atoms with Gasteiger partial charge in [-0.2, -0.15) is 5.26 Å². The molecule has 0 spiro atoms. The lowest BCUT2D eigenvalue weighted by Crippen LogP contribution is -2.24. The number of amidine groups is 1. The zero-order valence-electron chi connectivity index (χ0n) is 6.05. The van der Waals surface area contributed by atoms with Crippen LogP contribution in [0, 0.1) is 11.3 Å². The van der Waals surface area contributed by atoms with Crippen LogP contribution in [-0.2, 0) is 0 Å². The van der Waals surface area contributed by atoms with Crippen molar-refractivity contribution in [3.63, 3.8) is 0 Å². The fraction of sp³-hybridized carbons (Fsp3) is 0.429. The van der Waals surface area contributed by atoms with E-state index >= 15 is 0 Å². The predicted molar refractivity (Wildman–Crippen MR) is 39.4 cm³/mol. The molecule has 3 nitrogen and oxygen atoms in total. The Balaban J connectivity index is 2.76. The number of rotatable bonds is 0. The van der Waals surface area contributed by atoms with Gasteiger partial charge < -0.3 is 5.32 Å². The van der Waals surface area contributed by atoms with Crippen molar-refractivity contribution in [3.8, 4) is 6.07 Å². The minimum Gasteiger partial charge on any atom is -0.338 e. The second-order valence-corrected chi connectivity index (χ2v) is 2.30. The second-order valence-electron chi connectivity index (χ2n) is 2.30. The molecule has 1 rings (SSSR count). The maximum absolute atomic E-state index is 8.42. The van der Waals surface area contributed by atoms with Gasteiger partial charge in [-0.25, -0.2) is 0 Å². The van der Waals surface area contributed by atoms with Crippen molar-refractivity contribution in [1.82, 2.24) is 5.32 Å². The number of hydrogen-bond donors (Lipinski definition) is 1. The molecule has 0 saturated carbocycles. The van der Waals surface area contributed by atoms with Crippen molar-refractivity contribution in [2.75, 3.05) is 0 Å². The first-order valence-corrected chi connectivity index (χ1v) is 3.15. The Kier molecular flexibility index (Phi) is 1.72. The molecule has 10 heavy (non-hydrogen) atoms. The highest BCUT2D eigenvalue weighted by Crippen LogP contribution is 2.06. The van der Waals surface area contributed by atoms with Crippen LogP contribution in [0.4, 0.5) is 0 Å². The molecule has 1 unspecified atom stereocenters.